The van der Waals surface area contributed by atoms with Crippen LogP contribution in [0.5, 0.6) is 5.75 Å². The summed E-state index contributed by atoms with van der Waals surface area (Å²) < 4.78 is 19.9. The summed E-state index contributed by atoms with van der Waals surface area (Å²) in [6.07, 6.45) is 2.06. The molecule has 186 valence electrons. The smallest absolute Gasteiger partial charge is 0.251 e. The van der Waals surface area contributed by atoms with Crippen molar-refractivity contribution in [3.8, 4) is 16.9 Å². The lowest BCUT2D eigenvalue weighted by molar-refractivity contribution is 0.0836. The van der Waals surface area contributed by atoms with Crippen LogP contribution in [-0.4, -0.2) is 60.5 Å². The van der Waals surface area contributed by atoms with Crippen molar-refractivity contribution in [3.63, 3.8) is 0 Å². The first-order chi connectivity index (χ1) is 16.1. The number of ether oxygens (including phenoxy) is 1. The van der Waals surface area contributed by atoms with Crippen molar-refractivity contribution in [2.24, 2.45) is 11.8 Å². The highest BCUT2D eigenvalue weighted by atomic mass is 19.1. The molecular weight excluding hydrogens is 431 g/mol. The molecule has 2 aromatic carbocycles. The summed E-state index contributed by atoms with van der Waals surface area (Å²) in [5, 5.41) is 12.3. The van der Waals surface area contributed by atoms with Gasteiger partial charge >= 0.3 is 0 Å². The fourth-order valence-electron chi connectivity index (χ4n) is 4.29. The number of nitrogens with zero attached hydrogens (tertiary/aromatic N) is 1. The summed E-state index contributed by atoms with van der Waals surface area (Å²) >= 11 is 0. The number of aliphatic hydroxyl groups excluding tert-OH is 1. The molecule has 1 heterocycles. The third kappa shape index (κ3) is 7.81. The van der Waals surface area contributed by atoms with E-state index in [9.17, 15) is 14.3 Å². The van der Waals surface area contributed by atoms with E-state index in [-0.39, 0.29) is 24.5 Å². The summed E-state index contributed by atoms with van der Waals surface area (Å²) in [5.74, 6) is 1.33. The molecule has 0 bridgehead atoms. The number of rotatable bonds is 10. The Labute approximate surface area is 203 Å². The zero-order chi connectivity index (χ0) is 24.7. The number of amides is 1. The second kappa shape index (κ2) is 11.8. The molecule has 0 radical (unpaired) electrons. The maximum atomic E-state index is 13.8. The van der Waals surface area contributed by atoms with E-state index in [0.29, 0.717) is 24.6 Å². The van der Waals surface area contributed by atoms with Gasteiger partial charge in [-0.2, -0.15) is 0 Å². The monoisotopic (exact) mass is 470 g/mol. The average Bonchev–Trinajstić information content (AvgIpc) is 2.81. The molecule has 0 saturated carbocycles. The Morgan fingerprint density at radius 1 is 1.09 bits per heavy atom. The number of nitrogens with one attached hydrogen (secondary N) is 1. The van der Waals surface area contributed by atoms with Gasteiger partial charge in [-0.25, -0.2) is 4.39 Å². The number of hydrogen-bond acceptors (Lipinski definition) is 4. The lowest BCUT2D eigenvalue weighted by Gasteiger charge is -2.34. The van der Waals surface area contributed by atoms with Gasteiger partial charge in [0.25, 0.3) is 5.91 Å². The largest absolute Gasteiger partial charge is 0.493 e. The molecule has 5 nitrogen and oxygen atoms in total. The molecule has 1 amide bonds. The molecule has 2 N–H and O–H groups in total. The number of aliphatic hydroxyl groups is 1. The molecule has 34 heavy (non-hydrogen) atoms. The van der Waals surface area contributed by atoms with Crippen molar-refractivity contribution in [2.75, 3.05) is 32.8 Å². The van der Waals surface area contributed by atoms with Crippen molar-refractivity contribution in [1.82, 2.24) is 10.2 Å². The Kier molecular flexibility index (Phi) is 9.09. The second-order valence-electron chi connectivity index (χ2n) is 10.4. The molecule has 3 rings (SSSR count). The van der Waals surface area contributed by atoms with Crippen LogP contribution in [0.15, 0.2) is 48.5 Å². The van der Waals surface area contributed by atoms with Gasteiger partial charge in [-0.3, -0.25) is 4.79 Å². The van der Waals surface area contributed by atoms with Crippen LogP contribution < -0.4 is 10.1 Å². The molecule has 6 heteroatoms. The standard InChI is InChI=1S/C28H39FN2O3/c1-20(2)26(17-32)30-27(33)24-7-5-22(6-8-24)23-9-11-25(12-10-23)34-18-21-13-15-31(16-14-21)19-28(3,4)29/h5-12,20-21,26,32H,13-19H2,1-4H3,(H,30,33)/t26-/m0/s1. The number of likely N-dealkylation sites (tertiary alicyclic amines) is 1. The van der Waals surface area contributed by atoms with Crippen LogP contribution in [0, 0.1) is 11.8 Å². The van der Waals surface area contributed by atoms with E-state index in [1.54, 1.807) is 26.0 Å². The molecule has 1 atom stereocenters. The van der Waals surface area contributed by atoms with Crippen molar-refractivity contribution >= 4 is 5.91 Å². The minimum absolute atomic E-state index is 0.0768. The number of carbonyl (C=O) groups excluding carboxylic acids is 1. The second-order valence-corrected chi connectivity index (χ2v) is 10.4. The predicted molar refractivity (Wildman–Crippen MR) is 135 cm³/mol. The van der Waals surface area contributed by atoms with E-state index in [0.717, 1.165) is 42.8 Å². The van der Waals surface area contributed by atoms with Gasteiger partial charge in [-0.05, 0) is 87.0 Å². The van der Waals surface area contributed by atoms with Crippen LogP contribution in [0.1, 0.15) is 50.9 Å². The third-order valence-electron chi connectivity index (χ3n) is 6.45. The third-order valence-corrected chi connectivity index (χ3v) is 6.45. The van der Waals surface area contributed by atoms with E-state index in [2.05, 4.69) is 10.2 Å². The highest BCUT2D eigenvalue weighted by Crippen LogP contribution is 2.25. The minimum atomic E-state index is -1.14. The number of alkyl halides is 1. The molecule has 2 aromatic rings. The molecule has 1 aliphatic rings. The van der Waals surface area contributed by atoms with Crippen LogP contribution in [0.3, 0.4) is 0 Å². The summed E-state index contributed by atoms with van der Waals surface area (Å²) in [7, 11) is 0. The molecule has 0 unspecified atom stereocenters. The fourth-order valence-corrected chi connectivity index (χ4v) is 4.29. The summed E-state index contributed by atoms with van der Waals surface area (Å²) in [6, 6.07) is 15.2. The molecule has 1 fully saturated rings. The van der Waals surface area contributed by atoms with Gasteiger partial charge in [0.05, 0.1) is 19.3 Å². The normalized spacial score (nSPS) is 16.4. The van der Waals surface area contributed by atoms with E-state index >= 15 is 0 Å². The molecule has 0 aromatic heterocycles. The van der Waals surface area contributed by atoms with Gasteiger partial charge in [0.15, 0.2) is 0 Å². The highest BCUT2D eigenvalue weighted by molar-refractivity contribution is 5.94. The summed E-state index contributed by atoms with van der Waals surface area (Å²) in [4.78, 5) is 14.6. The fraction of sp³-hybridized carbons (Fsp3) is 0.536. The lowest BCUT2D eigenvalue weighted by atomic mass is 9.97. The first kappa shape index (κ1) is 26.2. The van der Waals surface area contributed by atoms with Crippen molar-refractivity contribution < 1.29 is 19.0 Å². The predicted octanol–water partition coefficient (Wildman–Crippen LogP) is 4.94. The maximum absolute atomic E-state index is 13.8. The SMILES string of the molecule is CC(C)[C@H](CO)NC(=O)c1ccc(-c2ccc(OCC3CCN(CC(C)(C)F)CC3)cc2)cc1. The minimum Gasteiger partial charge on any atom is -0.493 e. The molecule has 1 aliphatic heterocycles. The van der Waals surface area contributed by atoms with Gasteiger partial charge in [0.1, 0.15) is 11.4 Å². The van der Waals surface area contributed by atoms with Gasteiger partial charge in [0, 0.05) is 12.1 Å². The molecule has 0 spiro atoms. The number of carbonyl (C=O) groups is 1. The number of hydrogen-bond donors (Lipinski definition) is 2. The Morgan fingerprint density at radius 3 is 2.15 bits per heavy atom. The molecule has 1 saturated heterocycles. The average molecular weight is 471 g/mol. The number of benzene rings is 2. The van der Waals surface area contributed by atoms with Gasteiger partial charge in [-0.15, -0.1) is 0 Å². The zero-order valence-corrected chi connectivity index (χ0v) is 20.9. The van der Waals surface area contributed by atoms with Crippen molar-refractivity contribution in [2.45, 2.75) is 52.2 Å². The van der Waals surface area contributed by atoms with Crippen molar-refractivity contribution in [3.05, 3.63) is 54.1 Å². The molecular formula is C28H39FN2O3. The van der Waals surface area contributed by atoms with E-state index in [1.165, 1.54) is 0 Å². The van der Waals surface area contributed by atoms with E-state index in [1.807, 2.05) is 50.2 Å². The highest BCUT2D eigenvalue weighted by Gasteiger charge is 2.25. The summed E-state index contributed by atoms with van der Waals surface area (Å²) in [5.41, 5.74) is 1.50. The zero-order valence-electron chi connectivity index (χ0n) is 20.9. The maximum Gasteiger partial charge on any atom is 0.251 e. The molecule has 0 aliphatic carbocycles. The van der Waals surface area contributed by atoms with Crippen LogP contribution >= 0.6 is 0 Å². The number of piperidine rings is 1. The Morgan fingerprint density at radius 2 is 1.65 bits per heavy atom. The Balaban J connectivity index is 1.48. The Hall–Kier alpha value is -2.44. The number of halogens is 1. The topological polar surface area (TPSA) is 61.8 Å². The van der Waals surface area contributed by atoms with Crippen LogP contribution in [0.4, 0.5) is 4.39 Å². The van der Waals surface area contributed by atoms with Crippen LogP contribution in [-0.2, 0) is 0 Å². The van der Waals surface area contributed by atoms with Gasteiger partial charge < -0.3 is 20.1 Å². The first-order valence-corrected chi connectivity index (χ1v) is 12.3. The van der Waals surface area contributed by atoms with Gasteiger partial charge in [0.2, 0.25) is 0 Å². The van der Waals surface area contributed by atoms with E-state index < -0.39 is 5.67 Å². The van der Waals surface area contributed by atoms with Crippen LogP contribution in [0.25, 0.3) is 11.1 Å². The quantitative estimate of drug-likeness (QED) is 0.516. The van der Waals surface area contributed by atoms with Crippen molar-refractivity contribution in [1.29, 1.82) is 0 Å². The Bertz CT molecular complexity index is 899. The van der Waals surface area contributed by atoms with Crippen LogP contribution in [0.2, 0.25) is 0 Å². The first-order valence-electron chi connectivity index (χ1n) is 12.3. The summed E-state index contributed by atoms with van der Waals surface area (Å²) in [6.45, 7) is 10.2. The van der Waals surface area contributed by atoms with E-state index in [4.69, 9.17) is 4.74 Å². The lowest BCUT2D eigenvalue weighted by Crippen LogP contribution is -2.41. The van der Waals surface area contributed by atoms with Gasteiger partial charge in [-0.1, -0.05) is 38.1 Å².